The molecule has 0 fully saturated rings. The van der Waals surface area contributed by atoms with Crippen molar-refractivity contribution in [2.75, 3.05) is 6.61 Å². The van der Waals surface area contributed by atoms with E-state index < -0.39 is 12.1 Å². The van der Waals surface area contributed by atoms with Crippen LogP contribution in [0.5, 0.6) is 0 Å². The van der Waals surface area contributed by atoms with Gasteiger partial charge in [-0.05, 0) is 57.8 Å². The molecule has 0 radical (unpaired) electrons. The zero-order valence-electron chi connectivity index (χ0n) is 34.6. The number of aliphatic hydroxyl groups excluding tert-OH is 2. The standard InChI is InChI=1S/C48H87NO3/c1-3-5-7-9-11-12-13-14-15-16-17-18-19-20-21-22-23-24-25-26-27-28-29-30-31-32-33-34-35-36-38-40-42-44-48(52)49-46(45-50)47(51)43-41-39-37-10-8-6-4-2/h5,7,11-12,14-15,17-18,20-21,46-47,50-51H,3-4,6,8-10,13,16,19,22-45H2,1-2H3,(H,49,52)/b7-5-,12-11-,15-14-,18-17-,21-20-. The maximum atomic E-state index is 12.3. The summed E-state index contributed by atoms with van der Waals surface area (Å²) in [6, 6.07) is -0.533. The molecule has 0 aromatic carbocycles. The van der Waals surface area contributed by atoms with Crippen LogP contribution in [-0.4, -0.2) is 34.9 Å². The molecule has 302 valence electrons. The number of carbonyl (C=O) groups is 1. The monoisotopic (exact) mass is 726 g/mol. The first kappa shape index (κ1) is 50.1. The molecule has 0 aromatic rings. The number of carbonyl (C=O) groups excluding carboxylic acids is 1. The number of aliphatic hydroxyl groups is 2. The molecule has 0 saturated heterocycles. The van der Waals surface area contributed by atoms with Gasteiger partial charge in [0.15, 0.2) is 0 Å². The maximum absolute atomic E-state index is 12.3. The van der Waals surface area contributed by atoms with Crippen molar-refractivity contribution in [1.29, 1.82) is 0 Å². The van der Waals surface area contributed by atoms with Gasteiger partial charge in [-0.3, -0.25) is 4.79 Å². The fourth-order valence-corrected chi connectivity index (χ4v) is 6.62. The minimum atomic E-state index is -0.656. The molecule has 52 heavy (non-hydrogen) atoms. The van der Waals surface area contributed by atoms with Crippen LogP contribution >= 0.6 is 0 Å². The van der Waals surface area contributed by atoms with Crippen LogP contribution in [0.25, 0.3) is 0 Å². The Hall–Kier alpha value is -1.91. The number of rotatable bonds is 40. The Balaban J connectivity index is 3.42. The first-order chi connectivity index (χ1) is 25.7. The van der Waals surface area contributed by atoms with Crippen LogP contribution in [0.3, 0.4) is 0 Å². The van der Waals surface area contributed by atoms with Gasteiger partial charge in [-0.1, -0.05) is 216 Å². The van der Waals surface area contributed by atoms with Crippen LogP contribution in [0.15, 0.2) is 60.8 Å². The van der Waals surface area contributed by atoms with Gasteiger partial charge in [-0.2, -0.15) is 0 Å². The highest BCUT2D eigenvalue weighted by Gasteiger charge is 2.19. The summed E-state index contributed by atoms with van der Waals surface area (Å²) >= 11 is 0. The van der Waals surface area contributed by atoms with E-state index in [1.54, 1.807) is 0 Å². The largest absolute Gasteiger partial charge is 0.394 e. The summed E-state index contributed by atoms with van der Waals surface area (Å²) in [5.74, 6) is -0.0364. The molecule has 2 unspecified atom stereocenters. The first-order valence-electron chi connectivity index (χ1n) is 22.5. The third kappa shape index (κ3) is 39.3. The van der Waals surface area contributed by atoms with Gasteiger partial charge in [-0.15, -0.1) is 0 Å². The van der Waals surface area contributed by atoms with Gasteiger partial charge in [0.2, 0.25) is 5.91 Å². The van der Waals surface area contributed by atoms with Crippen LogP contribution in [-0.2, 0) is 4.79 Å². The normalized spacial score (nSPS) is 13.5. The van der Waals surface area contributed by atoms with Crippen LogP contribution in [0.4, 0.5) is 0 Å². The van der Waals surface area contributed by atoms with Crippen molar-refractivity contribution < 1.29 is 15.0 Å². The summed E-state index contributed by atoms with van der Waals surface area (Å²) < 4.78 is 0. The Morgan fingerprint density at radius 3 is 1.27 bits per heavy atom. The van der Waals surface area contributed by atoms with E-state index in [-0.39, 0.29) is 12.5 Å². The van der Waals surface area contributed by atoms with Crippen molar-refractivity contribution in [2.45, 2.75) is 231 Å². The Kier molecular flexibility index (Phi) is 41.9. The first-order valence-corrected chi connectivity index (χ1v) is 22.5. The predicted octanol–water partition coefficient (Wildman–Crippen LogP) is 14.1. The van der Waals surface area contributed by atoms with E-state index in [4.69, 9.17) is 0 Å². The highest BCUT2D eigenvalue weighted by atomic mass is 16.3. The van der Waals surface area contributed by atoms with Gasteiger partial charge >= 0.3 is 0 Å². The van der Waals surface area contributed by atoms with E-state index in [0.29, 0.717) is 12.8 Å². The molecular formula is C48H87NO3. The highest BCUT2D eigenvalue weighted by molar-refractivity contribution is 5.76. The zero-order valence-corrected chi connectivity index (χ0v) is 34.6. The molecular weight excluding hydrogens is 639 g/mol. The second-order valence-electron chi connectivity index (χ2n) is 15.1. The summed E-state index contributed by atoms with van der Waals surface area (Å²) in [6.07, 6.45) is 60.4. The molecule has 0 rings (SSSR count). The zero-order chi connectivity index (χ0) is 37.8. The molecule has 3 N–H and O–H groups in total. The van der Waals surface area contributed by atoms with E-state index >= 15 is 0 Å². The van der Waals surface area contributed by atoms with Crippen molar-refractivity contribution in [1.82, 2.24) is 5.32 Å². The van der Waals surface area contributed by atoms with Crippen molar-refractivity contribution in [3.8, 4) is 0 Å². The van der Waals surface area contributed by atoms with Gasteiger partial charge in [0.05, 0.1) is 18.8 Å². The molecule has 0 heterocycles. The van der Waals surface area contributed by atoms with E-state index in [1.165, 1.54) is 135 Å². The molecule has 4 nitrogen and oxygen atoms in total. The number of allylic oxidation sites excluding steroid dienone is 10. The lowest BCUT2D eigenvalue weighted by Crippen LogP contribution is -2.45. The minimum Gasteiger partial charge on any atom is -0.394 e. The average molecular weight is 726 g/mol. The Morgan fingerprint density at radius 1 is 0.481 bits per heavy atom. The molecule has 1 amide bonds. The van der Waals surface area contributed by atoms with Crippen LogP contribution in [0.2, 0.25) is 0 Å². The third-order valence-corrected chi connectivity index (χ3v) is 10.0. The average Bonchev–Trinajstić information content (AvgIpc) is 3.15. The number of nitrogens with one attached hydrogen (secondary N) is 1. The SMILES string of the molecule is CC/C=C\C/C=C\C/C=C\C/C=C\C/C=C\CCCCCCCCCCCCCCCCCCCC(=O)NC(CO)C(O)CCCCCCCCC. The van der Waals surface area contributed by atoms with Crippen LogP contribution < -0.4 is 5.32 Å². The molecule has 0 aromatic heterocycles. The molecule has 2 atom stereocenters. The summed E-state index contributed by atoms with van der Waals surface area (Å²) in [7, 11) is 0. The lowest BCUT2D eigenvalue weighted by molar-refractivity contribution is -0.123. The second-order valence-corrected chi connectivity index (χ2v) is 15.1. The van der Waals surface area contributed by atoms with E-state index in [9.17, 15) is 15.0 Å². The molecule has 0 aliphatic carbocycles. The molecule has 4 heteroatoms. The van der Waals surface area contributed by atoms with E-state index in [0.717, 1.165) is 57.8 Å². The lowest BCUT2D eigenvalue weighted by atomic mass is 10.0. The van der Waals surface area contributed by atoms with Gasteiger partial charge in [0, 0.05) is 6.42 Å². The summed E-state index contributed by atoms with van der Waals surface area (Å²) in [5.41, 5.74) is 0. The fourth-order valence-electron chi connectivity index (χ4n) is 6.62. The van der Waals surface area contributed by atoms with Crippen molar-refractivity contribution in [3.05, 3.63) is 60.8 Å². The lowest BCUT2D eigenvalue weighted by Gasteiger charge is -2.22. The van der Waals surface area contributed by atoms with Gasteiger partial charge in [-0.25, -0.2) is 0 Å². The topological polar surface area (TPSA) is 69.6 Å². The number of hydrogen-bond acceptors (Lipinski definition) is 3. The number of amides is 1. The van der Waals surface area contributed by atoms with E-state index in [2.05, 4.69) is 79.9 Å². The molecule has 0 spiro atoms. The quantitative estimate of drug-likeness (QED) is 0.0435. The molecule has 0 aliphatic rings. The Morgan fingerprint density at radius 2 is 0.846 bits per heavy atom. The summed E-state index contributed by atoms with van der Waals surface area (Å²) in [4.78, 5) is 12.3. The maximum Gasteiger partial charge on any atom is 0.220 e. The second kappa shape index (κ2) is 43.5. The van der Waals surface area contributed by atoms with Gasteiger partial charge < -0.3 is 15.5 Å². The van der Waals surface area contributed by atoms with Crippen molar-refractivity contribution >= 4 is 5.91 Å². The Labute approximate surface area is 324 Å². The smallest absolute Gasteiger partial charge is 0.220 e. The number of unbranched alkanes of at least 4 members (excludes halogenated alkanes) is 23. The minimum absolute atomic E-state index is 0.0364. The predicted molar refractivity (Wildman–Crippen MR) is 230 cm³/mol. The van der Waals surface area contributed by atoms with Crippen LogP contribution in [0.1, 0.15) is 219 Å². The highest BCUT2D eigenvalue weighted by Crippen LogP contribution is 2.15. The van der Waals surface area contributed by atoms with Gasteiger partial charge in [0.25, 0.3) is 0 Å². The van der Waals surface area contributed by atoms with Crippen molar-refractivity contribution in [2.24, 2.45) is 0 Å². The summed E-state index contributed by atoms with van der Waals surface area (Å²) in [6.45, 7) is 4.20. The third-order valence-electron chi connectivity index (χ3n) is 10.0. The Bertz CT molecular complexity index is 873. The molecule has 0 bridgehead atoms. The summed E-state index contributed by atoms with van der Waals surface area (Å²) in [5, 5.41) is 22.9. The van der Waals surface area contributed by atoms with Crippen molar-refractivity contribution in [3.63, 3.8) is 0 Å². The molecule has 0 aliphatic heterocycles. The van der Waals surface area contributed by atoms with E-state index in [1.807, 2.05) is 0 Å². The fraction of sp³-hybridized carbons (Fsp3) is 0.771. The van der Waals surface area contributed by atoms with Crippen LogP contribution in [0, 0.1) is 0 Å². The number of hydrogen-bond donors (Lipinski definition) is 3. The molecule has 0 saturated carbocycles. The van der Waals surface area contributed by atoms with Gasteiger partial charge in [0.1, 0.15) is 0 Å².